The van der Waals surface area contributed by atoms with Crippen LogP contribution in [0.3, 0.4) is 0 Å². The predicted molar refractivity (Wildman–Crippen MR) is 76.8 cm³/mol. The molecule has 4 heteroatoms. The highest BCUT2D eigenvalue weighted by Gasteiger charge is 2.10. The van der Waals surface area contributed by atoms with Gasteiger partial charge in [-0.3, -0.25) is 4.57 Å². The molecule has 3 nitrogen and oxygen atoms in total. The molecule has 96 valence electrons. The van der Waals surface area contributed by atoms with Gasteiger partial charge < -0.3 is 5.32 Å². The SMILES string of the molecule is Cc1cn(-c2cc(Cl)ccc2C)c(NC(C)C)n1. The Labute approximate surface area is 113 Å². The van der Waals surface area contributed by atoms with Crippen LogP contribution < -0.4 is 5.32 Å². The van der Waals surface area contributed by atoms with E-state index in [4.69, 9.17) is 11.6 Å². The summed E-state index contributed by atoms with van der Waals surface area (Å²) < 4.78 is 2.05. The zero-order valence-electron chi connectivity index (χ0n) is 11.2. The number of nitrogens with zero attached hydrogens (tertiary/aromatic N) is 2. The fourth-order valence-electron chi connectivity index (χ4n) is 1.88. The molecule has 0 amide bonds. The molecule has 0 radical (unpaired) electrons. The van der Waals surface area contributed by atoms with Crippen LogP contribution in [0.1, 0.15) is 25.1 Å². The summed E-state index contributed by atoms with van der Waals surface area (Å²) in [5.41, 5.74) is 3.22. The molecule has 0 spiro atoms. The van der Waals surface area contributed by atoms with Crippen molar-refractivity contribution >= 4 is 17.5 Å². The van der Waals surface area contributed by atoms with Crippen molar-refractivity contribution in [3.8, 4) is 5.69 Å². The number of hydrogen-bond donors (Lipinski definition) is 1. The van der Waals surface area contributed by atoms with Gasteiger partial charge in [-0.2, -0.15) is 0 Å². The minimum Gasteiger partial charge on any atom is -0.353 e. The third-order valence-corrected chi connectivity index (χ3v) is 2.91. The molecule has 0 aliphatic rings. The highest BCUT2D eigenvalue weighted by Crippen LogP contribution is 2.23. The Bertz CT molecular complexity index is 558. The fourth-order valence-corrected chi connectivity index (χ4v) is 2.05. The number of aromatic nitrogens is 2. The molecule has 0 aliphatic heterocycles. The summed E-state index contributed by atoms with van der Waals surface area (Å²) in [5, 5.41) is 4.08. The summed E-state index contributed by atoms with van der Waals surface area (Å²) >= 11 is 6.08. The van der Waals surface area contributed by atoms with Gasteiger partial charge >= 0.3 is 0 Å². The van der Waals surface area contributed by atoms with Crippen molar-refractivity contribution in [2.24, 2.45) is 0 Å². The third-order valence-electron chi connectivity index (χ3n) is 2.67. The largest absolute Gasteiger partial charge is 0.353 e. The second kappa shape index (κ2) is 5.02. The van der Waals surface area contributed by atoms with Gasteiger partial charge in [-0.05, 0) is 45.4 Å². The fraction of sp³-hybridized carbons (Fsp3) is 0.357. The Hall–Kier alpha value is -1.48. The lowest BCUT2D eigenvalue weighted by atomic mass is 10.2. The normalized spacial score (nSPS) is 11.0. The van der Waals surface area contributed by atoms with Crippen LogP contribution in [0.15, 0.2) is 24.4 Å². The molecule has 1 aromatic heterocycles. The number of rotatable bonds is 3. The van der Waals surface area contributed by atoms with Gasteiger partial charge in [0.05, 0.1) is 11.4 Å². The first-order valence-electron chi connectivity index (χ1n) is 6.06. The lowest BCUT2D eigenvalue weighted by molar-refractivity contribution is 0.862. The molecular weight excluding hydrogens is 246 g/mol. The van der Waals surface area contributed by atoms with Crippen LogP contribution in [-0.4, -0.2) is 15.6 Å². The quantitative estimate of drug-likeness (QED) is 0.908. The number of benzene rings is 1. The second-order valence-electron chi connectivity index (χ2n) is 4.81. The van der Waals surface area contributed by atoms with Crippen molar-refractivity contribution < 1.29 is 0 Å². The van der Waals surface area contributed by atoms with Crippen molar-refractivity contribution in [2.45, 2.75) is 33.7 Å². The van der Waals surface area contributed by atoms with E-state index in [-0.39, 0.29) is 0 Å². The summed E-state index contributed by atoms with van der Waals surface area (Å²) in [5.74, 6) is 0.855. The Morgan fingerprint density at radius 1 is 1.28 bits per heavy atom. The third kappa shape index (κ3) is 2.67. The van der Waals surface area contributed by atoms with Crippen LogP contribution in [0.4, 0.5) is 5.95 Å². The molecular formula is C14H18ClN3. The van der Waals surface area contributed by atoms with Gasteiger partial charge in [0, 0.05) is 17.3 Å². The number of hydrogen-bond acceptors (Lipinski definition) is 2. The lowest BCUT2D eigenvalue weighted by Gasteiger charge is -2.14. The van der Waals surface area contributed by atoms with Crippen LogP contribution in [0.5, 0.6) is 0 Å². The van der Waals surface area contributed by atoms with E-state index in [1.165, 1.54) is 5.56 Å². The minimum atomic E-state index is 0.338. The highest BCUT2D eigenvalue weighted by molar-refractivity contribution is 6.30. The lowest BCUT2D eigenvalue weighted by Crippen LogP contribution is -2.14. The average Bonchev–Trinajstić information content (AvgIpc) is 2.62. The van der Waals surface area contributed by atoms with E-state index in [0.717, 1.165) is 22.4 Å². The zero-order chi connectivity index (χ0) is 13.3. The Morgan fingerprint density at radius 3 is 2.67 bits per heavy atom. The first-order valence-corrected chi connectivity index (χ1v) is 6.44. The van der Waals surface area contributed by atoms with E-state index in [1.54, 1.807) is 0 Å². The Morgan fingerprint density at radius 2 is 2.00 bits per heavy atom. The van der Waals surface area contributed by atoms with Crippen LogP contribution in [0.25, 0.3) is 5.69 Å². The van der Waals surface area contributed by atoms with Crippen molar-refractivity contribution in [1.29, 1.82) is 0 Å². The van der Waals surface area contributed by atoms with E-state index in [2.05, 4.69) is 35.6 Å². The van der Waals surface area contributed by atoms with Gasteiger partial charge in [0.2, 0.25) is 5.95 Å². The van der Waals surface area contributed by atoms with E-state index in [9.17, 15) is 0 Å². The maximum atomic E-state index is 6.08. The predicted octanol–water partition coefficient (Wildman–Crippen LogP) is 3.96. The molecule has 1 aromatic carbocycles. The van der Waals surface area contributed by atoms with E-state index in [1.807, 2.05) is 31.3 Å². The first-order chi connectivity index (χ1) is 8.47. The number of anilines is 1. The van der Waals surface area contributed by atoms with Crippen molar-refractivity contribution in [3.05, 3.63) is 40.7 Å². The maximum Gasteiger partial charge on any atom is 0.207 e. The van der Waals surface area contributed by atoms with Gasteiger partial charge in [0.25, 0.3) is 0 Å². The molecule has 0 atom stereocenters. The van der Waals surface area contributed by atoms with E-state index in [0.29, 0.717) is 6.04 Å². The smallest absolute Gasteiger partial charge is 0.207 e. The molecule has 0 bridgehead atoms. The molecule has 18 heavy (non-hydrogen) atoms. The number of imidazole rings is 1. The first kappa shape index (κ1) is 13.0. The molecule has 1 N–H and O–H groups in total. The summed E-state index contributed by atoms with van der Waals surface area (Å²) in [6.45, 7) is 8.25. The molecule has 2 aromatic rings. The second-order valence-corrected chi connectivity index (χ2v) is 5.24. The topological polar surface area (TPSA) is 29.9 Å². The molecule has 1 heterocycles. The number of aryl methyl sites for hydroxylation is 2. The van der Waals surface area contributed by atoms with Crippen molar-refractivity contribution in [3.63, 3.8) is 0 Å². The molecule has 0 saturated heterocycles. The Kier molecular flexibility index (Phi) is 3.62. The van der Waals surface area contributed by atoms with Gasteiger partial charge in [0.15, 0.2) is 0 Å². The summed E-state index contributed by atoms with van der Waals surface area (Å²) in [4.78, 5) is 4.51. The van der Waals surface area contributed by atoms with Crippen LogP contribution in [0, 0.1) is 13.8 Å². The van der Waals surface area contributed by atoms with Crippen LogP contribution in [-0.2, 0) is 0 Å². The summed E-state index contributed by atoms with van der Waals surface area (Å²) in [6, 6.07) is 6.22. The zero-order valence-corrected chi connectivity index (χ0v) is 11.9. The monoisotopic (exact) mass is 263 g/mol. The van der Waals surface area contributed by atoms with Gasteiger partial charge in [-0.15, -0.1) is 0 Å². The van der Waals surface area contributed by atoms with E-state index < -0.39 is 0 Å². The molecule has 0 fully saturated rings. The van der Waals surface area contributed by atoms with E-state index >= 15 is 0 Å². The summed E-state index contributed by atoms with van der Waals surface area (Å²) in [6.07, 6.45) is 2.02. The van der Waals surface area contributed by atoms with Crippen molar-refractivity contribution in [2.75, 3.05) is 5.32 Å². The molecule has 0 saturated carbocycles. The summed E-state index contributed by atoms with van der Waals surface area (Å²) in [7, 11) is 0. The molecule has 2 rings (SSSR count). The highest BCUT2D eigenvalue weighted by atomic mass is 35.5. The molecule has 0 aliphatic carbocycles. The van der Waals surface area contributed by atoms with Crippen LogP contribution >= 0.6 is 11.6 Å². The van der Waals surface area contributed by atoms with Gasteiger partial charge in [-0.1, -0.05) is 17.7 Å². The molecule has 0 unspecified atom stereocenters. The van der Waals surface area contributed by atoms with Gasteiger partial charge in [-0.25, -0.2) is 4.98 Å². The van der Waals surface area contributed by atoms with Crippen LogP contribution in [0.2, 0.25) is 5.02 Å². The minimum absolute atomic E-state index is 0.338. The number of halogens is 1. The average molecular weight is 264 g/mol. The standard InChI is InChI=1S/C14H18ClN3/c1-9(2)16-14-17-11(4)8-18(14)13-7-12(15)6-5-10(13)3/h5-9H,1-4H3,(H,16,17). The van der Waals surface area contributed by atoms with Crippen molar-refractivity contribution in [1.82, 2.24) is 9.55 Å². The number of nitrogens with one attached hydrogen (secondary N) is 1. The maximum absolute atomic E-state index is 6.08. The Balaban J connectivity index is 2.52. The van der Waals surface area contributed by atoms with Gasteiger partial charge in [0.1, 0.15) is 0 Å².